The number of para-hydroxylation sites is 1. The highest BCUT2D eigenvalue weighted by Crippen LogP contribution is 2.37. The summed E-state index contributed by atoms with van der Waals surface area (Å²) in [6.07, 6.45) is 4.96. The normalized spacial score (nSPS) is 10.6. The van der Waals surface area contributed by atoms with Crippen LogP contribution in [0.3, 0.4) is 0 Å². The number of Topliss-reactive ketones (excluding diaryl/α,β-unsaturated/α-hetero) is 1. The molecular formula is C26H28N8O3. The van der Waals surface area contributed by atoms with Crippen molar-refractivity contribution < 1.29 is 14.3 Å². The van der Waals surface area contributed by atoms with Crippen molar-refractivity contribution in [3.8, 4) is 17.1 Å². The van der Waals surface area contributed by atoms with Crippen LogP contribution in [0.4, 0.5) is 23.0 Å². The van der Waals surface area contributed by atoms with Crippen LogP contribution in [0.2, 0.25) is 0 Å². The van der Waals surface area contributed by atoms with Crippen molar-refractivity contribution in [2.75, 3.05) is 31.8 Å². The molecule has 0 saturated heterocycles. The molecule has 0 aliphatic carbocycles. The van der Waals surface area contributed by atoms with Gasteiger partial charge in [-0.15, -0.1) is 0 Å². The van der Waals surface area contributed by atoms with Crippen LogP contribution in [0.1, 0.15) is 34.1 Å². The minimum Gasteiger partial charge on any atom is -0.494 e. The van der Waals surface area contributed by atoms with Crippen LogP contribution in [0, 0.1) is 0 Å². The minimum absolute atomic E-state index is 0.0623. The first kappa shape index (κ1) is 25.3. The average molecular weight is 501 g/mol. The predicted molar refractivity (Wildman–Crippen MR) is 141 cm³/mol. The lowest BCUT2D eigenvalue weighted by molar-refractivity contribution is 0.0827. The standard InChI is InChI=1S/C26H28N8O3/c1-6-21(35)18-14-28-23(31-22-11-10-16(13-27-22)26(36)33(2)3)12-20(18)30-19-9-7-8-17(24(19)37-5)25-29-15-34(4)32-25/h7-15H,6H2,1-5H3,(H2,27,28,30,31). The lowest BCUT2D eigenvalue weighted by atomic mass is 10.1. The summed E-state index contributed by atoms with van der Waals surface area (Å²) >= 11 is 0. The number of aromatic nitrogens is 5. The van der Waals surface area contributed by atoms with Crippen LogP contribution in [0.25, 0.3) is 11.4 Å². The summed E-state index contributed by atoms with van der Waals surface area (Å²) in [5.41, 5.74) is 2.81. The van der Waals surface area contributed by atoms with E-state index < -0.39 is 0 Å². The number of ether oxygens (including phenoxy) is 1. The molecule has 11 nitrogen and oxygen atoms in total. The van der Waals surface area contributed by atoms with Crippen LogP contribution in [-0.4, -0.2) is 62.5 Å². The first-order chi connectivity index (χ1) is 17.8. The Kier molecular flexibility index (Phi) is 7.42. The largest absolute Gasteiger partial charge is 0.494 e. The fraction of sp³-hybridized carbons (Fsp3) is 0.231. The molecule has 11 heteroatoms. The Morgan fingerprint density at radius 2 is 1.78 bits per heavy atom. The molecule has 0 aliphatic rings. The third-order valence-corrected chi connectivity index (χ3v) is 5.53. The zero-order valence-electron chi connectivity index (χ0n) is 21.3. The number of pyridine rings is 2. The predicted octanol–water partition coefficient (Wildman–Crippen LogP) is 4.06. The highest BCUT2D eigenvalue weighted by Gasteiger charge is 2.18. The number of carbonyl (C=O) groups is 2. The molecule has 4 rings (SSSR count). The average Bonchev–Trinajstić information content (AvgIpc) is 3.34. The summed E-state index contributed by atoms with van der Waals surface area (Å²) in [4.78, 5) is 39.4. The van der Waals surface area contributed by atoms with Gasteiger partial charge in [0.1, 0.15) is 18.0 Å². The summed E-state index contributed by atoms with van der Waals surface area (Å²) in [5.74, 6) is 1.83. The van der Waals surface area contributed by atoms with E-state index >= 15 is 0 Å². The minimum atomic E-state index is -0.136. The molecule has 3 aromatic heterocycles. The van der Waals surface area contributed by atoms with E-state index in [1.807, 2.05) is 18.2 Å². The molecule has 0 saturated carbocycles. The van der Waals surface area contributed by atoms with Gasteiger partial charge in [0.15, 0.2) is 17.4 Å². The third kappa shape index (κ3) is 5.56. The van der Waals surface area contributed by atoms with E-state index in [1.165, 1.54) is 17.3 Å². The van der Waals surface area contributed by atoms with Crippen molar-refractivity contribution in [3.05, 3.63) is 66.2 Å². The van der Waals surface area contributed by atoms with Gasteiger partial charge in [0.25, 0.3) is 5.91 Å². The van der Waals surface area contributed by atoms with Crippen LogP contribution >= 0.6 is 0 Å². The Morgan fingerprint density at radius 3 is 2.41 bits per heavy atom. The zero-order chi connectivity index (χ0) is 26.5. The Balaban J connectivity index is 1.67. The number of amides is 1. The molecule has 0 atom stereocenters. The lowest BCUT2D eigenvalue weighted by Crippen LogP contribution is -2.21. The fourth-order valence-corrected chi connectivity index (χ4v) is 3.66. The third-order valence-electron chi connectivity index (χ3n) is 5.53. The highest BCUT2D eigenvalue weighted by atomic mass is 16.5. The van der Waals surface area contributed by atoms with Gasteiger partial charge in [-0.1, -0.05) is 13.0 Å². The number of benzene rings is 1. The molecule has 37 heavy (non-hydrogen) atoms. The number of hydrogen-bond donors (Lipinski definition) is 2. The fourth-order valence-electron chi connectivity index (χ4n) is 3.66. The smallest absolute Gasteiger partial charge is 0.254 e. The van der Waals surface area contributed by atoms with E-state index in [9.17, 15) is 9.59 Å². The van der Waals surface area contributed by atoms with Gasteiger partial charge in [-0.25, -0.2) is 15.0 Å². The molecule has 4 aromatic rings. The molecule has 0 spiro atoms. The molecule has 0 radical (unpaired) electrons. The lowest BCUT2D eigenvalue weighted by Gasteiger charge is -2.17. The second kappa shape index (κ2) is 10.9. The number of rotatable bonds is 9. The zero-order valence-corrected chi connectivity index (χ0v) is 21.3. The van der Waals surface area contributed by atoms with E-state index in [0.29, 0.717) is 57.7 Å². The van der Waals surface area contributed by atoms with Gasteiger partial charge in [0.2, 0.25) is 0 Å². The van der Waals surface area contributed by atoms with Crippen LogP contribution in [0.5, 0.6) is 5.75 Å². The van der Waals surface area contributed by atoms with E-state index in [0.717, 1.165) is 0 Å². The Bertz CT molecular complexity index is 1430. The number of ketones is 1. The number of nitrogens with one attached hydrogen (secondary N) is 2. The molecule has 1 aromatic carbocycles. The van der Waals surface area contributed by atoms with Gasteiger partial charge < -0.3 is 20.3 Å². The molecular weight excluding hydrogens is 472 g/mol. The van der Waals surface area contributed by atoms with E-state index in [-0.39, 0.29) is 11.7 Å². The first-order valence-electron chi connectivity index (χ1n) is 11.6. The molecule has 1 amide bonds. The van der Waals surface area contributed by atoms with Gasteiger partial charge in [-0.3, -0.25) is 14.3 Å². The Morgan fingerprint density at radius 1 is 1.00 bits per heavy atom. The number of nitrogens with zero attached hydrogens (tertiary/aromatic N) is 6. The van der Waals surface area contributed by atoms with Crippen molar-refractivity contribution >= 4 is 34.7 Å². The highest BCUT2D eigenvalue weighted by molar-refractivity contribution is 6.02. The number of anilines is 4. The number of hydrogen-bond acceptors (Lipinski definition) is 9. The summed E-state index contributed by atoms with van der Waals surface area (Å²) < 4.78 is 7.32. The molecule has 0 fully saturated rings. The van der Waals surface area contributed by atoms with Gasteiger partial charge in [-0.2, -0.15) is 5.10 Å². The summed E-state index contributed by atoms with van der Waals surface area (Å²) in [5, 5.41) is 10.8. The van der Waals surface area contributed by atoms with Crippen LogP contribution in [0.15, 0.2) is 55.1 Å². The van der Waals surface area contributed by atoms with Gasteiger partial charge in [0, 0.05) is 46.0 Å². The van der Waals surface area contributed by atoms with Crippen LogP contribution < -0.4 is 15.4 Å². The molecule has 2 N–H and O–H groups in total. The van der Waals surface area contributed by atoms with Gasteiger partial charge in [0.05, 0.1) is 35.2 Å². The molecule has 0 unspecified atom stereocenters. The van der Waals surface area contributed by atoms with Crippen LogP contribution in [-0.2, 0) is 7.05 Å². The Labute approximate surface area is 214 Å². The van der Waals surface area contributed by atoms with Gasteiger partial charge in [-0.05, 0) is 24.3 Å². The van der Waals surface area contributed by atoms with Crippen molar-refractivity contribution in [1.82, 2.24) is 29.6 Å². The van der Waals surface area contributed by atoms with Gasteiger partial charge >= 0.3 is 0 Å². The van der Waals surface area contributed by atoms with Crippen molar-refractivity contribution in [3.63, 3.8) is 0 Å². The summed E-state index contributed by atoms with van der Waals surface area (Å²) in [7, 11) is 6.73. The van der Waals surface area contributed by atoms with E-state index in [2.05, 4.69) is 30.7 Å². The maximum atomic E-state index is 12.7. The molecule has 3 heterocycles. The number of carbonyl (C=O) groups excluding carboxylic acids is 2. The maximum Gasteiger partial charge on any atom is 0.254 e. The monoisotopic (exact) mass is 500 g/mol. The van der Waals surface area contributed by atoms with E-state index in [1.54, 1.807) is 64.4 Å². The van der Waals surface area contributed by atoms with Crippen molar-refractivity contribution in [2.24, 2.45) is 7.05 Å². The molecule has 0 aliphatic heterocycles. The SMILES string of the molecule is CCC(=O)c1cnc(Nc2ccc(C(=O)N(C)C)cn2)cc1Nc1cccc(-c2ncn(C)n2)c1OC. The summed E-state index contributed by atoms with van der Waals surface area (Å²) in [6, 6.07) is 10.7. The quantitative estimate of drug-likeness (QED) is 0.327. The maximum absolute atomic E-state index is 12.7. The second-order valence-electron chi connectivity index (χ2n) is 8.40. The van der Waals surface area contributed by atoms with E-state index in [4.69, 9.17) is 4.74 Å². The topological polar surface area (TPSA) is 127 Å². The molecule has 0 bridgehead atoms. The van der Waals surface area contributed by atoms with Crippen molar-refractivity contribution in [1.29, 1.82) is 0 Å². The first-order valence-corrected chi connectivity index (χ1v) is 11.6. The van der Waals surface area contributed by atoms with Crippen molar-refractivity contribution in [2.45, 2.75) is 13.3 Å². The number of aryl methyl sites for hydroxylation is 1. The number of methoxy groups -OCH3 is 1. The second-order valence-corrected chi connectivity index (χ2v) is 8.40. The Hall–Kier alpha value is -4.80. The summed E-state index contributed by atoms with van der Waals surface area (Å²) in [6.45, 7) is 1.80. The molecule has 190 valence electrons.